The SMILES string of the molecule is CC.COC(C)(C(=O)NC(C)C(C)(C)C)C(F)(F)F. The molecule has 0 radical (unpaired) electrons. The van der Waals surface area contributed by atoms with Crippen LogP contribution in [0, 0.1) is 5.41 Å². The van der Waals surface area contributed by atoms with Crippen molar-refractivity contribution in [2.24, 2.45) is 5.41 Å². The average Bonchev–Trinajstić information content (AvgIpc) is 2.27. The highest BCUT2D eigenvalue weighted by atomic mass is 19.4. The molecule has 0 rings (SSSR count). The van der Waals surface area contributed by atoms with E-state index >= 15 is 0 Å². The van der Waals surface area contributed by atoms with Crippen molar-refractivity contribution in [1.29, 1.82) is 0 Å². The zero-order chi connectivity index (χ0) is 16.1. The van der Waals surface area contributed by atoms with Gasteiger partial charge in [-0.1, -0.05) is 34.6 Å². The molecule has 6 heteroatoms. The molecule has 0 aliphatic rings. The van der Waals surface area contributed by atoms with Gasteiger partial charge in [-0.15, -0.1) is 0 Å². The third kappa shape index (κ3) is 5.38. The van der Waals surface area contributed by atoms with Gasteiger partial charge in [0.2, 0.25) is 5.60 Å². The largest absolute Gasteiger partial charge is 0.426 e. The molecule has 2 atom stereocenters. The molecule has 1 amide bonds. The first kappa shape index (κ1) is 20.5. The van der Waals surface area contributed by atoms with Crippen LogP contribution < -0.4 is 5.32 Å². The molecule has 0 aromatic heterocycles. The molecule has 0 aliphatic carbocycles. The smallest absolute Gasteiger partial charge is 0.361 e. The minimum atomic E-state index is -4.75. The Balaban J connectivity index is 0. The summed E-state index contributed by atoms with van der Waals surface area (Å²) in [5.74, 6) is -1.17. The Morgan fingerprint density at radius 2 is 1.47 bits per heavy atom. The molecule has 0 spiro atoms. The molecular formula is C13H26F3NO2. The van der Waals surface area contributed by atoms with Crippen LogP contribution in [0.4, 0.5) is 13.2 Å². The molecule has 2 unspecified atom stereocenters. The van der Waals surface area contributed by atoms with Gasteiger partial charge < -0.3 is 10.1 Å². The van der Waals surface area contributed by atoms with E-state index in [2.05, 4.69) is 10.1 Å². The van der Waals surface area contributed by atoms with Crippen molar-refractivity contribution in [3.63, 3.8) is 0 Å². The second-order valence-corrected chi connectivity index (χ2v) is 5.30. The second-order valence-electron chi connectivity index (χ2n) is 5.30. The summed E-state index contributed by atoms with van der Waals surface area (Å²) in [7, 11) is 0.870. The highest BCUT2D eigenvalue weighted by Crippen LogP contribution is 2.33. The lowest BCUT2D eigenvalue weighted by Gasteiger charge is -2.34. The first-order valence-electron chi connectivity index (χ1n) is 6.29. The minimum absolute atomic E-state index is 0.324. The van der Waals surface area contributed by atoms with Gasteiger partial charge in [-0.25, -0.2) is 0 Å². The Morgan fingerprint density at radius 3 is 1.68 bits per heavy atom. The summed E-state index contributed by atoms with van der Waals surface area (Å²) in [5, 5.41) is 2.33. The molecular weight excluding hydrogens is 259 g/mol. The molecule has 19 heavy (non-hydrogen) atoms. The fourth-order valence-electron chi connectivity index (χ4n) is 0.888. The number of carbonyl (C=O) groups excluding carboxylic acids is 1. The Morgan fingerprint density at radius 1 is 1.11 bits per heavy atom. The summed E-state index contributed by atoms with van der Waals surface area (Å²) >= 11 is 0. The Kier molecular flexibility index (Phi) is 7.70. The molecule has 0 aromatic carbocycles. The Labute approximate surface area is 113 Å². The molecule has 116 valence electrons. The fraction of sp³-hybridized carbons (Fsp3) is 0.923. The van der Waals surface area contributed by atoms with Crippen LogP contribution in [-0.4, -0.2) is 30.8 Å². The zero-order valence-corrected chi connectivity index (χ0v) is 13.0. The maximum atomic E-state index is 12.7. The lowest BCUT2D eigenvalue weighted by Crippen LogP contribution is -2.59. The molecule has 3 nitrogen and oxygen atoms in total. The van der Waals surface area contributed by atoms with Crippen molar-refractivity contribution >= 4 is 5.91 Å². The van der Waals surface area contributed by atoms with Gasteiger partial charge in [0.1, 0.15) is 0 Å². The zero-order valence-electron chi connectivity index (χ0n) is 13.0. The predicted molar refractivity (Wildman–Crippen MR) is 69.9 cm³/mol. The van der Waals surface area contributed by atoms with E-state index in [1.54, 1.807) is 6.92 Å². The van der Waals surface area contributed by atoms with Crippen molar-refractivity contribution in [2.75, 3.05) is 7.11 Å². The molecule has 0 bridgehead atoms. The number of halogens is 3. The second kappa shape index (κ2) is 7.12. The highest BCUT2D eigenvalue weighted by molar-refractivity contribution is 5.86. The van der Waals surface area contributed by atoms with Gasteiger partial charge >= 0.3 is 6.18 Å². The summed E-state index contributed by atoms with van der Waals surface area (Å²) in [5.41, 5.74) is -3.14. The highest BCUT2D eigenvalue weighted by Gasteiger charge is 2.58. The van der Waals surface area contributed by atoms with Crippen molar-refractivity contribution in [3.8, 4) is 0 Å². The van der Waals surface area contributed by atoms with Gasteiger partial charge in [0, 0.05) is 13.2 Å². The fourth-order valence-corrected chi connectivity index (χ4v) is 0.888. The van der Waals surface area contributed by atoms with E-state index in [1.807, 2.05) is 34.6 Å². The summed E-state index contributed by atoms with van der Waals surface area (Å²) in [6.45, 7) is 11.9. The average molecular weight is 285 g/mol. The predicted octanol–water partition coefficient (Wildman–Crippen LogP) is 3.53. The molecule has 0 aromatic rings. The normalized spacial score (nSPS) is 16.8. The van der Waals surface area contributed by atoms with Crippen molar-refractivity contribution < 1.29 is 22.7 Å². The third-order valence-corrected chi connectivity index (χ3v) is 3.03. The standard InChI is InChI=1S/C11H20F3NO2.C2H6/c1-7(9(2,3)4)15-8(16)10(5,17-6)11(12,13)14;1-2/h7H,1-6H3,(H,15,16);1-2H3. The summed E-state index contributed by atoms with van der Waals surface area (Å²) in [6, 6.07) is -0.396. The number of methoxy groups -OCH3 is 1. The van der Waals surface area contributed by atoms with E-state index in [-0.39, 0.29) is 5.41 Å². The van der Waals surface area contributed by atoms with Crippen molar-refractivity contribution in [2.45, 2.75) is 66.3 Å². The number of nitrogens with one attached hydrogen (secondary N) is 1. The van der Waals surface area contributed by atoms with Crippen LogP contribution in [0.3, 0.4) is 0 Å². The summed E-state index contributed by atoms with van der Waals surface area (Å²) in [6.07, 6.45) is -4.75. The van der Waals surface area contributed by atoms with Crippen LogP contribution in [0.25, 0.3) is 0 Å². The maximum Gasteiger partial charge on any atom is 0.426 e. The van der Waals surface area contributed by atoms with Gasteiger partial charge in [0.15, 0.2) is 0 Å². The van der Waals surface area contributed by atoms with Crippen molar-refractivity contribution in [1.82, 2.24) is 5.32 Å². The van der Waals surface area contributed by atoms with E-state index < -0.39 is 23.7 Å². The number of hydrogen-bond acceptors (Lipinski definition) is 2. The van der Waals surface area contributed by atoms with Crippen LogP contribution >= 0.6 is 0 Å². The molecule has 1 N–H and O–H groups in total. The van der Waals surface area contributed by atoms with Crippen LogP contribution in [0.5, 0.6) is 0 Å². The lowest BCUT2D eigenvalue weighted by molar-refractivity contribution is -0.254. The Hall–Kier alpha value is -0.780. The van der Waals surface area contributed by atoms with Gasteiger partial charge in [-0.05, 0) is 19.3 Å². The van der Waals surface area contributed by atoms with Gasteiger partial charge in [-0.2, -0.15) is 13.2 Å². The number of carbonyl (C=O) groups is 1. The molecule has 0 saturated carbocycles. The first-order chi connectivity index (χ1) is 8.36. The van der Waals surface area contributed by atoms with Crippen LogP contribution in [0.2, 0.25) is 0 Å². The number of rotatable bonds is 3. The Bertz CT molecular complexity index is 285. The number of amides is 1. The van der Waals surface area contributed by atoms with E-state index in [0.29, 0.717) is 0 Å². The van der Waals surface area contributed by atoms with E-state index in [4.69, 9.17) is 0 Å². The monoisotopic (exact) mass is 285 g/mol. The van der Waals surface area contributed by atoms with E-state index in [0.717, 1.165) is 14.0 Å². The van der Waals surface area contributed by atoms with Crippen molar-refractivity contribution in [3.05, 3.63) is 0 Å². The lowest BCUT2D eigenvalue weighted by atomic mass is 9.87. The topological polar surface area (TPSA) is 38.3 Å². The van der Waals surface area contributed by atoms with Gasteiger partial charge in [-0.3, -0.25) is 4.79 Å². The number of ether oxygens (including phenoxy) is 1. The molecule has 0 fully saturated rings. The molecule has 0 saturated heterocycles. The van der Waals surface area contributed by atoms with Crippen LogP contribution in [0.15, 0.2) is 0 Å². The quantitative estimate of drug-likeness (QED) is 0.861. The minimum Gasteiger partial charge on any atom is -0.361 e. The van der Waals surface area contributed by atoms with Gasteiger partial charge in [0.05, 0.1) is 0 Å². The molecule has 0 aliphatic heterocycles. The van der Waals surface area contributed by atoms with Gasteiger partial charge in [0.25, 0.3) is 5.91 Å². The first-order valence-corrected chi connectivity index (χ1v) is 6.29. The maximum absolute atomic E-state index is 12.7. The number of hydrogen-bond donors (Lipinski definition) is 1. The van der Waals surface area contributed by atoms with Crippen LogP contribution in [-0.2, 0) is 9.53 Å². The molecule has 0 heterocycles. The summed E-state index contributed by atoms with van der Waals surface area (Å²) < 4.78 is 42.5. The summed E-state index contributed by atoms with van der Waals surface area (Å²) in [4.78, 5) is 11.6. The third-order valence-electron chi connectivity index (χ3n) is 3.03. The van der Waals surface area contributed by atoms with E-state index in [1.165, 1.54) is 0 Å². The number of alkyl halides is 3. The van der Waals surface area contributed by atoms with E-state index in [9.17, 15) is 18.0 Å². The van der Waals surface area contributed by atoms with Crippen LogP contribution in [0.1, 0.15) is 48.5 Å².